The number of aromatic nitrogens is 1. The number of rotatable bonds is 6. The van der Waals surface area contributed by atoms with E-state index in [9.17, 15) is 14.9 Å². The predicted octanol–water partition coefficient (Wildman–Crippen LogP) is 2.88. The van der Waals surface area contributed by atoms with Crippen LogP contribution in [0.25, 0.3) is 0 Å². The molecule has 0 spiro atoms. The number of nitro groups is 1. The van der Waals surface area contributed by atoms with Crippen molar-refractivity contribution >= 4 is 22.9 Å². The van der Waals surface area contributed by atoms with Crippen molar-refractivity contribution in [1.29, 1.82) is 0 Å². The normalized spacial score (nSPS) is 10.5. The number of hydrogen-bond donors (Lipinski definition) is 0. The van der Waals surface area contributed by atoms with Crippen LogP contribution in [0.5, 0.6) is 5.75 Å². The number of aryl methyl sites for hydroxylation is 1. The van der Waals surface area contributed by atoms with Gasteiger partial charge in [-0.05, 0) is 25.5 Å². The zero-order chi connectivity index (χ0) is 17.9. The van der Waals surface area contributed by atoms with Crippen molar-refractivity contribution in [3.63, 3.8) is 0 Å². The summed E-state index contributed by atoms with van der Waals surface area (Å²) in [7, 11) is 3.40. The van der Waals surface area contributed by atoms with Gasteiger partial charge in [-0.15, -0.1) is 11.3 Å². The fourth-order valence-corrected chi connectivity index (χ4v) is 2.94. The molecule has 0 aliphatic heterocycles. The number of likely N-dealkylation sites (N-methyl/N-ethyl adjacent to an activating group) is 1. The van der Waals surface area contributed by atoms with E-state index < -0.39 is 4.92 Å². The van der Waals surface area contributed by atoms with Crippen LogP contribution in [0.1, 0.15) is 21.8 Å². The monoisotopic (exact) mass is 349 g/mol. The number of carbonyl (C=O) groups excluding carboxylic acids is 1. The first-order valence-electron chi connectivity index (χ1n) is 7.30. The first kappa shape index (κ1) is 17.9. The molecule has 24 heavy (non-hydrogen) atoms. The minimum atomic E-state index is -0.421. The fraction of sp³-hybridized carbons (Fsp3) is 0.375. The molecule has 0 bridgehead atoms. The molecule has 7 nitrogen and oxygen atoms in total. The summed E-state index contributed by atoms with van der Waals surface area (Å²) in [6.07, 6.45) is 0.256. The number of ether oxygens (including phenoxy) is 1. The molecule has 1 aromatic carbocycles. The smallest absolute Gasteiger partial charge is 0.276 e. The molecular weight excluding hydrogens is 330 g/mol. The van der Waals surface area contributed by atoms with E-state index in [1.54, 1.807) is 27.1 Å². The van der Waals surface area contributed by atoms with E-state index in [0.717, 1.165) is 10.6 Å². The summed E-state index contributed by atoms with van der Waals surface area (Å²) in [5.41, 5.74) is 2.06. The van der Waals surface area contributed by atoms with E-state index in [-0.39, 0.29) is 24.6 Å². The Morgan fingerprint density at radius 2 is 2.08 bits per heavy atom. The molecule has 1 heterocycles. The van der Waals surface area contributed by atoms with Gasteiger partial charge in [0.25, 0.3) is 5.69 Å². The van der Waals surface area contributed by atoms with Gasteiger partial charge in [0, 0.05) is 25.5 Å². The van der Waals surface area contributed by atoms with E-state index in [1.165, 1.54) is 22.3 Å². The number of nitro benzene ring substituents is 1. The lowest BCUT2D eigenvalue weighted by molar-refractivity contribution is -0.385. The van der Waals surface area contributed by atoms with E-state index in [0.29, 0.717) is 17.0 Å². The lowest BCUT2D eigenvalue weighted by Crippen LogP contribution is -2.23. The van der Waals surface area contributed by atoms with Crippen LogP contribution in [0, 0.1) is 24.0 Å². The molecule has 1 aromatic heterocycles. The summed E-state index contributed by atoms with van der Waals surface area (Å²) in [6, 6.07) is 3.15. The first-order valence-corrected chi connectivity index (χ1v) is 8.18. The Kier molecular flexibility index (Phi) is 5.50. The molecule has 0 radical (unpaired) electrons. The van der Waals surface area contributed by atoms with Crippen molar-refractivity contribution in [2.75, 3.05) is 14.1 Å². The average molecular weight is 349 g/mol. The standard InChI is InChI=1S/C16H19N3O4S/c1-10-5-6-13(19(21)22)11(2)16(10)23-8-12-9-24-14(17-12)7-15(20)18(3)4/h5-6,9H,7-8H2,1-4H3. The third-order valence-corrected chi connectivity index (χ3v) is 4.43. The van der Waals surface area contributed by atoms with Crippen molar-refractivity contribution in [1.82, 2.24) is 9.88 Å². The fourth-order valence-electron chi connectivity index (χ4n) is 2.17. The van der Waals surface area contributed by atoms with Crippen LogP contribution in [0.15, 0.2) is 17.5 Å². The second-order valence-electron chi connectivity index (χ2n) is 5.60. The van der Waals surface area contributed by atoms with Gasteiger partial charge in [-0.1, -0.05) is 0 Å². The summed E-state index contributed by atoms with van der Waals surface area (Å²) in [5.74, 6) is 0.491. The van der Waals surface area contributed by atoms with Gasteiger partial charge in [0.2, 0.25) is 5.91 Å². The summed E-state index contributed by atoms with van der Waals surface area (Å²) in [5, 5.41) is 13.6. The summed E-state index contributed by atoms with van der Waals surface area (Å²) in [4.78, 5) is 28.2. The van der Waals surface area contributed by atoms with Gasteiger partial charge >= 0.3 is 0 Å². The van der Waals surface area contributed by atoms with Crippen molar-refractivity contribution < 1.29 is 14.5 Å². The van der Waals surface area contributed by atoms with Gasteiger partial charge in [0.05, 0.1) is 22.6 Å². The maximum atomic E-state index is 11.7. The minimum Gasteiger partial charge on any atom is -0.486 e. The molecule has 0 atom stereocenters. The number of amides is 1. The second kappa shape index (κ2) is 7.39. The number of benzene rings is 1. The molecule has 0 aliphatic carbocycles. The highest BCUT2D eigenvalue weighted by molar-refractivity contribution is 7.09. The molecule has 0 unspecified atom stereocenters. The Bertz CT molecular complexity index is 771. The first-order chi connectivity index (χ1) is 11.3. The lowest BCUT2D eigenvalue weighted by Gasteiger charge is -2.11. The van der Waals surface area contributed by atoms with Crippen molar-refractivity contribution in [2.24, 2.45) is 0 Å². The topological polar surface area (TPSA) is 85.6 Å². The summed E-state index contributed by atoms with van der Waals surface area (Å²) < 4.78 is 5.75. The Hall–Kier alpha value is -2.48. The summed E-state index contributed by atoms with van der Waals surface area (Å²) in [6.45, 7) is 3.71. The van der Waals surface area contributed by atoms with Crippen LogP contribution < -0.4 is 4.74 Å². The highest BCUT2D eigenvalue weighted by atomic mass is 32.1. The van der Waals surface area contributed by atoms with Crippen LogP contribution >= 0.6 is 11.3 Å². The molecule has 8 heteroatoms. The maximum Gasteiger partial charge on any atom is 0.276 e. The SMILES string of the molecule is Cc1ccc([N+](=O)[O-])c(C)c1OCc1csc(CC(=O)N(C)C)n1. The Morgan fingerprint density at radius 3 is 2.71 bits per heavy atom. The molecule has 2 aromatic rings. The summed E-state index contributed by atoms with van der Waals surface area (Å²) >= 11 is 1.40. The maximum absolute atomic E-state index is 11.7. The zero-order valence-electron chi connectivity index (χ0n) is 14.0. The largest absolute Gasteiger partial charge is 0.486 e. The van der Waals surface area contributed by atoms with Gasteiger partial charge in [-0.2, -0.15) is 0 Å². The van der Waals surface area contributed by atoms with E-state index in [1.807, 2.05) is 12.3 Å². The average Bonchev–Trinajstić information content (AvgIpc) is 2.94. The van der Waals surface area contributed by atoms with E-state index >= 15 is 0 Å². The minimum absolute atomic E-state index is 0.0119. The molecular formula is C16H19N3O4S. The molecule has 128 valence electrons. The lowest BCUT2D eigenvalue weighted by atomic mass is 10.1. The number of hydrogen-bond acceptors (Lipinski definition) is 6. The molecule has 1 amide bonds. The van der Waals surface area contributed by atoms with Crippen molar-refractivity contribution in [3.8, 4) is 5.75 Å². The third-order valence-electron chi connectivity index (χ3n) is 3.54. The van der Waals surface area contributed by atoms with Crippen LogP contribution in [0.3, 0.4) is 0 Å². The van der Waals surface area contributed by atoms with E-state index in [4.69, 9.17) is 4.74 Å². The van der Waals surface area contributed by atoms with Crippen LogP contribution in [-0.2, 0) is 17.8 Å². The van der Waals surface area contributed by atoms with Crippen LogP contribution in [-0.4, -0.2) is 34.8 Å². The molecule has 0 aliphatic rings. The number of thiazole rings is 1. The highest BCUT2D eigenvalue weighted by Gasteiger charge is 2.17. The Labute approximate surface area is 144 Å². The highest BCUT2D eigenvalue weighted by Crippen LogP contribution is 2.31. The Balaban J connectivity index is 2.09. The third kappa shape index (κ3) is 4.08. The van der Waals surface area contributed by atoms with Crippen molar-refractivity contribution in [3.05, 3.63) is 49.5 Å². The van der Waals surface area contributed by atoms with Gasteiger partial charge < -0.3 is 9.64 Å². The molecule has 0 N–H and O–H groups in total. The molecule has 0 saturated heterocycles. The quantitative estimate of drug-likeness (QED) is 0.591. The van der Waals surface area contributed by atoms with Crippen LogP contribution in [0.2, 0.25) is 0 Å². The van der Waals surface area contributed by atoms with Gasteiger partial charge in [0.1, 0.15) is 17.4 Å². The second-order valence-corrected chi connectivity index (χ2v) is 6.54. The van der Waals surface area contributed by atoms with Crippen LogP contribution in [0.4, 0.5) is 5.69 Å². The Morgan fingerprint density at radius 1 is 1.38 bits per heavy atom. The number of carbonyl (C=O) groups is 1. The van der Waals surface area contributed by atoms with Gasteiger partial charge in [-0.3, -0.25) is 14.9 Å². The van der Waals surface area contributed by atoms with Crippen molar-refractivity contribution in [2.45, 2.75) is 26.9 Å². The number of nitrogens with zero attached hydrogens (tertiary/aromatic N) is 3. The molecule has 0 fully saturated rings. The van der Waals surface area contributed by atoms with E-state index in [2.05, 4.69) is 4.98 Å². The molecule has 2 rings (SSSR count). The molecule has 0 saturated carbocycles. The zero-order valence-corrected chi connectivity index (χ0v) is 14.8. The van der Waals surface area contributed by atoms with Gasteiger partial charge in [-0.25, -0.2) is 4.98 Å². The van der Waals surface area contributed by atoms with Gasteiger partial charge in [0.15, 0.2) is 0 Å². The predicted molar refractivity (Wildman–Crippen MR) is 91.4 cm³/mol.